The van der Waals surface area contributed by atoms with Crippen LogP contribution < -0.4 is 11.2 Å². The SMILES string of the molecule is CN=C/C(=C\N)c1ccc(Cl)c(B2OC(C)(C)C(C)(C)O2)c1. The monoisotopic (exact) mass is 320 g/mol. The number of rotatable bonds is 3. The van der Waals surface area contributed by atoms with Crippen molar-refractivity contribution in [3.63, 3.8) is 0 Å². The summed E-state index contributed by atoms with van der Waals surface area (Å²) in [5.74, 6) is 0. The Morgan fingerprint density at radius 3 is 2.32 bits per heavy atom. The number of halogens is 1. The highest BCUT2D eigenvalue weighted by Gasteiger charge is 2.52. The van der Waals surface area contributed by atoms with Crippen molar-refractivity contribution in [2.45, 2.75) is 38.9 Å². The quantitative estimate of drug-likeness (QED) is 0.688. The first-order valence-corrected chi connectivity index (χ1v) is 7.59. The highest BCUT2D eigenvalue weighted by Crippen LogP contribution is 2.37. The van der Waals surface area contributed by atoms with E-state index in [1.54, 1.807) is 13.3 Å². The molecule has 6 heteroatoms. The number of nitrogens with two attached hydrogens (primary N) is 1. The van der Waals surface area contributed by atoms with E-state index in [1.165, 1.54) is 6.20 Å². The highest BCUT2D eigenvalue weighted by molar-refractivity contribution is 6.65. The van der Waals surface area contributed by atoms with Crippen LogP contribution in [0.25, 0.3) is 5.57 Å². The molecule has 22 heavy (non-hydrogen) atoms. The Kier molecular flexibility index (Phi) is 4.71. The Bertz CT molecular complexity index is 611. The van der Waals surface area contributed by atoms with E-state index < -0.39 is 18.3 Å². The largest absolute Gasteiger partial charge is 0.496 e. The van der Waals surface area contributed by atoms with Crippen LogP contribution in [-0.2, 0) is 9.31 Å². The van der Waals surface area contributed by atoms with Gasteiger partial charge in [-0.3, -0.25) is 4.99 Å². The lowest BCUT2D eigenvalue weighted by molar-refractivity contribution is 0.00578. The predicted molar refractivity (Wildman–Crippen MR) is 93.7 cm³/mol. The fourth-order valence-electron chi connectivity index (χ4n) is 2.23. The second-order valence-corrected chi connectivity index (χ2v) is 6.74. The third kappa shape index (κ3) is 3.07. The zero-order chi connectivity index (χ0) is 16.5. The third-order valence-electron chi connectivity index (χ3n) is 4.28. The molecule has 0 aromatic heterocycles. The van der Waals surface area contributed by atoms with Crippen LogP contribution in [-0.4, -0.2) is 31.6 Å². The van der Waals surface area contributed by atoms with Crippen molar-refractivity contribution in [1.82, 2.24) is 0 Å². The summed E-state index contributed by atoms with van der Waals surface area (Å²) in [4.78, 5) is 4.01. The van der Waals surface area contributed by atoms with E-state index >= 15 is 0 Å². The third-order valence-corrected chi connectivity index (χ3v) is 4.63. The fraction of sp³-hybridized carbons (Fsp3) is 0.438. The summed E-state index contributed by atoms with van der Waals surface area (Å²) >= 11 is 6.34. The fourth-order valence-corrected chi connectivity index (χ4v) is 2.43. The Balaban J connectivity index is 2.41. The van der Waals surface area contributed by atoms with Gasteiger partial charge in [-0.25, -0.2) is 0 Å². The van der Waals surface area contributed by atoms with Crippen LogP contribution in [0.3, 0.4) is 0 Å². The Hall–Kier alpha value is -1.30. The van der Waals surface area contributed by atoms with Crippen LogP contribution in [0.1, 0.15) is 33.3 Å². The molecule has 0 bridgehead atoms. The van der Waals surface area contributed by atoms with E-state index in [-0.39, 0.29) is 0 Å². The highest BCUT2D eigenvalue weighted by atomic mass is 35.5. The Labute approximate surface area is 137 Å². The summed E-state index contributed by atoms with van der Waals surface area (Å²) < 4.78 is 12.1. The molecule has 2 N–H and O–H groups in total. The van der Waals surface area contributed by atoms with Gasteiger partial charge < -0.3 is 15.0 Å². The molecule has 1 fully saturated rings. The first kappa shape index (κ1) is 17.1. The van der Waals surface area contributed by atoms with Gasteiger partial charge in [0.2, 0.25) is 0 Å². The van der Waals surface area contributed by atoms with Crippen LogP contribution in [0.2, 0.25) is 5.02 Å². The van der Waals surface area contributed by atoms with Crippen molar-refractivity contribution in [2.24, 2.45) is 10.7 Å². The molecule has 1 aliphatic heterocycles. The van der Waals surface area contributed by atoms with Crippen molar-refractivity contribution in [3.05, 3.63) is 35.0 Å². The smallest absolute Gasteiger partial charge is 0.404 e. The van der Waals surface area contributed by atoms with Gasteiger partial charge in [0, 0.05) is 35.5 Å². The van der Waals surface area contributed by atoms with E-state index in [0.29, 0.717) is 5.02 Å². The molecule has 0 unspecified atom stereocenters. The molecule has 2 rings (SSSR count). The number of nitrogens with zero attached hydrogens (tertiary/aromatic N) is 1. The minimum atomic E-state index is -0.505. The second-order valence-electron chi connectivity index (χ2n) is 6.33. The number of hydrogen-bond donors (Lipinski definition) is 1. The molecular formula is C16H22BClN2O2. The van der Waals surface area contributed by atoms with Gasteiger partial charge in [0.05, 0.1) is 11.2 Å². The summed E-state index contributed by atoms with van der Waals surface area (Å²) in [5, 5.41) is 0.604. The van der Waals surface area contributed by atoms with Gasteiger partial charge in [0.1, 0.15) is 0 Å². The second kappa shape index (κ2) is 6.07. The van der Waals surface area contributed by atoms with Crippen LogP contribution in [0.5, 0.6) is 0 Å². The normalized spacial score (nSPS) is 20.8. The Morgan fingerprint density at radius 2 is 1.82 bits per heavy atom. The first-order chi connectivity index (χ1) is 10.2. The van der Waals surface area contributed by atoms with Gasteiger partial charge in [-0.2, -0.15) is 0 Å². The minimum Gasteiger partial charge on any atom is -0.404 e. The lowest BCUT2D eigenvalue weighted by atomic mass is 9.78. The average molecular weight is 321 g/mol. The minimum absolute atomic E-state index is 0.408. The summed E-state index contributed by atoms with van der Waals surface area (Å²) in [6.07, 6.45) is 3.22. The molecule has 1 heterocycles. The van der Waals surface area contributed by atoms with E-state index in [4.69, 9.17) is 26.6 Å². The first-order valence-electron chi connectivity index (χ1n) is 7.21. The van der Waals surface area contributed by atoms with Gasteiger partial charge in [0.25, 0.3) is 0 Å². The average Bonchev–Trinajstić information content (AvgIpc) is 2.65. The van der Waals surface area contributed by atoms with Crippen LogP contribution in [0.4, 0.5) is 0 Å². The summed E-state index contributed by atoms with van der Waals surface area (Å²) in [5.41, 5.74) is 7.38. The molecule has 0 aliphatic carbocycles. The lowest BCUT2D eigenvalue weighted by Crippen LogP contribution is -2.41. The molecule has 118 valence electrons. The zero-order valence-electron chi connectivity index (χ0n) is 13.7. The molecule has 0 saturated carbocycles. The maximum absolute atomic E-state index is 6.34. The van der Waals surface area contributed by atoms with Gasteiger partial charge in [-0.05, 0) is 39.3 Å². The number of allylic oxidation sites excluding steroid dienone is 1. The zero-order valence-corrected chi connectivity index (χ0v) is 14.4. The maximum atomic E-state index is 6.34. The van der Waals surface area contributed by atoms with Crippen molar-refractivity contribution in [3.8, 4) is 0 Å². The molecule has 1 aliphatic rings. The summed E-state index contributed by atoms with van der Waals surface area (Å²) in [6.45, 7) is 8.05. The molecule has 0 spiro atoms. The number of aliphatic imine (C=N–C) groups is 1. The van der Waals surface area contributed by atoms with Gasteiger partial charge in [-0.15, -0.1) is 0 Å². The molecule has 1 aromatic rings. The van der Waals surface area contributed by atoms with Crippen LogP contribution in [0, 0.1) is 0 Å². The van der Waals surface area contributed by atoms with E-state index in [0.717, 1.165) is 16.6 Å². The van der Waals surface area contributed by atoms with E-state index in [9.17, 15) is 0 Å². The van der Waals surface area contributed by atoms with E-state index in [2.05, 4.69) is 4.99 Å². The van der Waals surface area contributed by atoms with Gasteiger partial charge >= 0.3 is 7.12 Å². The molecule has 1 saturated heterocycles. The molecule has 1 aromatic carbocycles. The summed E-state index contributed by atoms with van der Waals surface area (Å²) in [7, 11) is 1.20. The van der Waals surface area contributed by atoms with Crippen LogP contribution >= 0.6 is 11.6 Å². The summed E-state index contributed by atoms with van der Waals surface area (Å²) in [6, 6.07) is 5.66. The lowest BCUT2D eigenvalue weighted by Gasteiger charge is -2.32. The van der Waals surface area contributed by atoms with Crippen molar-refractivity contribution in [1.29, 1.82) is 0 Å². The molecule has 0 amide bonds. The van der Waals surface area contributed by atoms with Gasteiger partial charge in [-0.1, -0.05) is 23.7 Å². The number of benzene rings is 1. The topological polar surface area (TPSA) is 56.8 Å². The number of hydrogen-bond acceptors (Lipinski definition) is 4. The molecular weight excluding hydrogens is 298 g/mol. The predicted octanol–water partition coefficient (Wildman–Crippen LogP) is 2.64. The van der Waals surface area contributed by atoms with Gasteiger partial charge in [0.15, 0.2) is 0 Å². The van der Waals surface area contributed by atoms with Crippen molar-refractivity contribution in [2.75, 3.05) is 7.05 Å². The molecule has 0 atom stereocenters. The molecule has 0 radical (unpaired) electrons. The maximum Gasteiger partial charge on any atom is 0.496 e. The van der Waals surface area contributed by atoms with Crippen LogP contribution in [0.15, 0.2) is 29.4 Å². The molecule has 4 nitrogen and oxygen atoms in total. The Morgan fingerprint density at radius 1 is 1.23 bits per heavy atom. The van der Waals surface area contributed by atoms with Crippen molar-refractivity contribution >= 4 is 36.0 Å². The van der Waals surface area contributed by atoms with E-state index in [1.807, 2.05) is 45.9 Å². The van der Waals surface area contributed by atoms with Crippen molar-refractivity contribution < 1.29 is 9.31 Å². The standard InChI is InChI=1S/C16H22BClN2O2/c1-15(2)16(3,4)22-17(21-15)13-8-11(6-7-14(13)18)12(9-19)10-20-5/h6-10H,19H2,1-5H3/b12-9+,20-10?.